The fourth-order valence-corrected chi connectivity index (χ4v) is 2.11. The first-order valence-corrected chi connectivity index (χ1v) is 7.00. The Labute approximate surface area is 125 Å². The van der Waals surface area contributed by atoms with Crippen LogP contribution in [0.5, 0.6) is 0 Å². The molecule has 0 radical (unpaired) electrons. The first-order chi connectivity index (χ1) is 9.45. The van der Waals surface area contributed by atoms with Gasteiger partial charge in [0.25, 0.3) is 0 Å². The summed E-state index contributed by atoms with van der Waals surface area (Å²) in [5.41, 5.74) is 1.33. The molecule has 6 heteroatoms. The van der Waals surface area contributed by atoms with E-state index in [-0.39, 0.29) is 17.6 Å². The SMILES string of the molecule is Cc1ccc(F)cc1NC(=O)C(C)Cn1cc(Br)cn1. The maximum Gasteiger partial charge on any atom is 0.229 e. The van der Waals surface area contributed by atoms with Crippen LogP contribution in [0, 0.1) is 18.7 Å². The van der Waals surface area contributed by atoms with Crippen molar-refractivity contribution in [2.45, 2.75) is 20.4 Å². The predicted molar refractivity (Wildman–Crippen MR) is 78.9 cm³/mol. The van der Waals surface area contributed by atoms with Crippen LogP contribution in [0.25, 0.3) is 0 Å². The number of halogens is 2. The van der Waals surface area contributed by atoms with Gasteiger partial charge in [0.05, 0.1) is 23.1 Å². The summed E-state index contributed by atoms with van der Waals surface area (Å²) in [5.74, 6) is -0.802. The van der Waals surface area contributed by atoms with Gasteiger partial charge >= 0.3 is 0 Å². The molecule has 0 aliphatic rings. The number of nitrogens with zero attached hydrogens (tertiary/aromatic N) is 2. The van der Waals surface area contributed by atoms with Crippen LogP contribution in [-0.4, -0.2) is 15.7 Å². The topological polar surface area (TPSA) is 46.9 Å². The van der Waals surface area contributed by atoms with E-state index in [9.17, 15) is 9.18 Å². The lowest BCUT2D eigenvalue weighted by Gasteiger charge is -2.13. The van der Waals surface area contributed by atoms with Gasteiger partial charge in [0.2, 0.25) is 5.91 Å². The molecule has 2 aromatic rings. The standard InChI is InChI=1S/C14H15BrFN3O/c1-9-3-4-12(16)5-13(9)18-14(20)10(2)7-19-8-11(15)6-17-19/h3-6,8,10H,7H2,1-2H3,(H,18,20). The normalized spacial score (nSPS) is 12.2. The Bertz CT molecular complexity index is 627. The smallest absolute Gasteiger partial charge is 0.229 e. The molecule has 20 heavy (non-hydrogen) atoms. The summed E-state index contributed by atoms with van der Waals surface area (Å²) in [5, 5.41) is 6.85. The Hall–Kier alpha value is -1.69. The number of hydrogen-bond acceptors (Lipinski definition) is 2. The monoisotopic (exact) mass is 339 g/mol. The third-order valence-electron chi connectivity index (χ3n) is 2.97. The molecule has 0 saturated heterocycles. The molecule has 1 amide bonds. The highest BCUT2D eigenvalue weighted by Gasteiger charge is 2.15. The van der Waals surface area contributed by atoms with E-state index >= 15 is 0 Å². The quantitative estimate of drug-likeness (QED) is 0.928. The zero-order valence-corrected chi connectivity index (χ0v) is 12.8. The maximum absolute atomic E-state index is 13.2. The van der Waals surface area contributed by atoms with Crippen LogP contribution >= 0.6 is 15.9 Å². The van der Waals surface area contributed by atoms with E-state index in [4.69, 9.17) is 0 Å². The average molecular weight is 340 g/mol. The van der Waals surface area contributed by atoms with Crippen molar-refractivity contribution in [3.05, 3.63) is 46.4 Å². The predicted octanol–water partition coefficient (Wildman–Crippen LogP) is 3.37. The summed E-state index contributed by atoms with van der Waals surface area (Å²) >= 11 is 3.30. The number of hydrogen-bond donors (Lipinski definition) is 1. The van der Waals surface area contributed by atoms with Gasteiger partial charge in [0.15, 0.2) is 0 Å². The Balaban J connectivity index is 2.02. The van der Waals surface area contributed by atoms with Crippen molar-refractivity contribution in [2.75, 3.05) is 5.32 Å². The van der Waals surface area contributed by atoms with E-state index in [2.05, 4.69) is 26.3 Å². The molecule has 1 unspecified atom stereocenters. The molecule has 1 atom stereocenters. The third-order valence-corrected chi connectivity index (χ3v) is 3.38. The Morgan fingerprint density at radius 3 is 2.95 bits per heavy atom. The Morgan fingerprint density at radius 2 is 2.30 bits per heavy atom. The molecule has 1 N–H and O–H groups in total. The van der Waals surface area contributed by atoms with Crippen molar-refractivity contribution in [1.29, 1.82) is 0 Å². The molecular formula is C14H15BrFN3O. The van der Waals surface area contributed by atoms with E-state index in [0.717, 1.165) is 10.0 Å². The number of nitrogens with one attached hydrogen (secondary N) is 1. The summed E-state index contributed by atoms with van der Waals surface area (Å²) in [4.78, 5) is 12.1. The minimum Gasteiger partial charge on any atom is -0.325 e. The van der Waals surface area contributed by atoms with Gasteiger partial charge < -0.3 is 5.32 Å². The first-order valence-electron chi connectivity index (χ1n) is 6.20. The van der Waals surface area contributed by atoms with Crippen LogP contribution in [-0.2, 0) is 11.3 Å². The van der Waals surface area contributed by atoms with Crippen molar-refractivity contribution in [3.63, 3.8) is 0 Å². The molecule has 0 fully saturated rings. The van der Waals surface area contributed by atoms with Gasteiger partial charge in [-0.2, -0.15) is 5.10 Å². The van der Waals surface area contributed by atoms with Crippen molar-refractivity contribution in [2.24, 2.45) is 5.92 Å². The van der Waals surface area contributed by atoms with Gasteiger partial charge in [-0.25, -0.2) is 4.39 Å². The van der Waals surface area contributed by atoms with E-state index in [0.29, 0.717) is 12.2 Å². The number of carbonyl (C=O) groups is 1. The lowest BCUT2D eigenvalue weighted by atomic mass is 10.1. The molecule has 106 valence electrons. The molecule has 1 aromatic heterocycles. The molecule has 4 nitrogen and oxygen atoms in total. The van der Waals surface area contributed by atoms with Crippen molar-refractivity contribution < 1.29 is 9.18 Å². The molecule has 2 rings (SSSR count). The fourth-order valence-electron chi connectivity index (χ4n) is 1.79. The fraction of sp³-hybridized carbons (Fsp3) is 0.286. The Morgan fingerprint density at radius 1 is 1.55 bits per heavy atom. The number of amides is 1. The van der Waals surface area contributed by atoms with Gasteiger partial charge in [0, 0.05) is 11.9 Å². The number of benzene rings is 1. The third kappa shape index (κ3) is 3.66. The van der Waals surface area contributed by atoms with E-state index in [1.807, 2.05) is 6.92 Å². The number of anilines is 1. The van der Waals surface area contributed by atoms with Crippen LogP contribution in [0.1, 0.15) is 12.5 Å². The van der Waals surface area contributed by atoms with Crippen LogP contribution in [0.15, 0.2) is 35.1 Å². The van der Waals surface area contributed by atoms with Crippen LogP contribution < -0.4 is 5.32 Å². The highest BCUT2D eigenvalue weighted by atomic mass is 79.9. The zero-order valence-electron chi connectivity index (χ0n) is 11.2. The number of aryl methyl sites for hydroxylation is 1. The second-order valence-electron chi connectivity index (χ2n) is 4.73. The molecule has 0 aliphatic carbocycles. The highest BCUT2D eigenvalue weighted by molar-refractivity contribution is 9.10. The molecule has 0 bridgehead atoms. The summed E-state index contributed by atoms with van der Waals surface area (Å²) in [6.07, 6.45) is 3.47. The average Bonchev–Trinajstić information content (AvgIpc) is 2.79. The number of rotatable bonds is 4. The van der Waals surface area contributed by atoms with Crippen molar-refractivity contribution in [1.82, 2.24) is 9.78 Å². The summed E-state index contributed by atoms with van der Waals surface area (Å²) < 4.78 is 15.7. The second-order valence-corrected chi connectivity index (χ2v) is 5.65. The first kappa shape index (κ1) is 14.7. The van der Waals surface area contributed by atoms with Crippen LogP contribution in [0.2, 0.25) is 0 Å². The van der Waals surface area contributed by atoms with Gasteiger partial charge in [-0.3, -0.25) is 9.48 Å². The lowest BCUT2D eigenvalue weighted by molar-refractivity contribution is -0.119. The van der Waals surface area contributed by atoms with Gasteiger partial charge in [-0.15, -0.1) is 0 Å². The molecule has 0 saturated carbocycles. The minimum atomic E-state index is -0.366. The van der Waals surface area contributed by atoms with Gasteiger partial charge in [0.1, 0.15) is 5.82 Å². The molecule has 0 aliphatic heterocycles. The molecule has 0 spiro atoms. The summed E-state index contributed by atoms with van der Waals surface area (Å²) in [6, 6.07) is 4.33. The highest BCUT2D eigenvalue weighted by Crippen LogP contribution is 2.17. The minimum absolute atomic E-state index is 0.162. The number of carbonyl (C=O) groups excluding carboxylic acids is 1. The van der Waals surface area contributed by atoms with Crippen molar-refractivity contribution in [3.8, 4) is 0 Å². The van der Waals surface area contributed by atoms with E-state index in [1.165, 1.54) is 12.1 Å². The maximum atomic E-state index is 13.2. The van der Waals surface area contributed by atoms with Gasteiger partial charge in [-0.05, 0) is 40.5 Å². The Kier molecular flexibility index (Phi) is 4.54. The van der Waals surface area contributed by atoms with E-state index in [1.54, 1.807) is 30.1 Å². The largest absolute Gasteiger partial charge is 0.325 e. The van der Waals surface area contributed by atoms with Crippen molar-refractivity contribution >= 4 is 27.5 Å². The van der Waals surface area contributed by atoms with Gasteiger partial charge in [-0.1, -0.05) is 13.0 Å². The van der Waals surface area contributed by atoms with Crippen LogP contribution in [0.4, 0.5) is 10.1 Å². The molecule has 1 heterocycles. The summed E-state index contributed by atoms with van der Waals surface area (Å²) in [6.45, 7) is 4.09. The van der Waals surface area contributed by atoms with E-state index < -0.39 is 0 Å². The zero-order chi connectivity index (χ0) is 14.7. The molecule has 1 aromatic carbocycles. The number of aromatic nitrogens is 2. The summed E-state index contributed by atoms with van der Waals surface area (Å²) in [7, 11) is 0. The lowest BCUT2D eigenvalue weighted by Crippen LogP contribution is -2.25. The second kappa shape index (κ2) is 6.17. The van der Waals surface area contributed by atoms with Crippen LogP contribution in [0.3, 0.4) is 0 Å². The molecular weight excluding hydrogens is 325 g/mol.